The summed E-state index contributed by atoms with van der Waals surface area (Å²) in [6.07, 6.45) is 2.68. The maximum atomic E-state index is 13.4. The summed E-state index contributed by atoms with van der Waals surface area (Å²) >= 11 is 0. The molecule has 1 heterocycles. The molecule has 0 aliphatic carbocycles. The minimum Gasteiger partial charge on any atom is -0.488 e. The number of aromatic nitrogens is 1. The predicted molar refractivity (Wildman–Crippen MR) is 77.0 cm³/mol. The molecule has 1 N–H and O–H groups in total. The lowest BCUT2D eigenvalue weighted by atomic mass is 10.1. The van der Waals surface area contributed by atoms with Gasteiger partial charge in [0.1, 0.15) is 24.0 Å². The summed E-state index contributed by atoms with van der Waals surface area (Å²) < 4.78 is 32.2. The molecule has 0 saturated heterocycles. The van der Waals surface area contributed by atoms with E-state index in [1.807, 2.05) is 13.8 Å². The van der Waals surface area contributed by atoms with E-state index in [9.17, 15) is 8.78 Å². The van der Waals surface area contributed by atoms with E-state index >= 15 is 0 Å². The van der Waals surface area contributed by atoms with Crippen LogP contribution < -0.4 is 10.1 Å². The van der Waals surface area contributed by atoms with Crippen molar-refractivity contribution in [3.63, 3.8) is 0 Å². The number of rotatable bonds is 6. The number of halogens is 2. The van der Waals surface area contributed by atoms with E-state index in [2.05, 4.69) is 10.3 Å². The Labute approximate surface area is 123 Å². The Morgan fingerprint density at radius 1 is 1.19 bits per heavy atom. The van der Waals surface area contributed by atoms with E-state index in [1.165, 1.54) is 18.2 Å². The van der Waals surface area contributed by atoms with Gasteiger partial charge in [0.05, 0.1) is 6.20 Å². The highest BCUT2D eigenvalue weighted by molar-refractivity contribution is 5.36. The normalized spacial score (nSPS) is 12.2. The first-order valence-electron chi connectivity index (χ1n) is 6.85. The SMILES string of the molecule is CCNC(C)c1cc(F)ccc1OCc1cncc(F)c1. The third-order valence-electron chi connectivity index (χ3n) is 3.10. The molecule has 0 spiro atoms. The molecule has 1 aromatic carbocycles. The summed E-state index contributed by atoms with van der Waals surface area (Å²) in [6.45, 7) is 4.87. The van der Waals surface area contributed by atoms with Crippen molar-refractivity contribution in [1.29, 1.82) is 0 Å². The molecule has 1 atom stereocenters. The Balaban J connectivity index is 2.15. The zero-order chi connectivity index (χ0) is 15.2. The summed E-state index contributed by atoms with van der Waals surface area (Å²) in [4.78, 5) is 3.77. The summed E-state index contributed by atoms with van der Waals surface area (Å²) in [6, 6.07) is 5.72. The van der Waals surface area contributed by atoms with Gasteiger partial charge >= 0.3 is 0 Å². The van der Waals surface area contributed by atoms with Crippen LogP contribution in [0.2, 0.25) is 0 Å². The molecule has 21 heavy (non-hydrogen) atoms. The van der Waals surface area contributed by atoms with Crippen LogP contribution >= 0.6 is 0 Å². The molecular formula is C16H18F2N2O. The van der Waals surface area contributed by atoms with Gasteiger partial charge in [-0.1, -0.05) is 6.92 Å². The first kappa shape index (κ1) is 15.4. The van der Waals surface area contributed by atoms with Crippen LogP contribution in [0.25, 0.3) is 0 Å². The van der Waals surface area contributed by atoms with Crippen molar-refractivity contribution in [3.8, 4) is 5.75 Å². The Hall–Kier alpha value is -2.01. The van der Waals surface area contributed by atoms with Gasteiger partial charge < -0.3 is 10.1 Å². The molecule has 2 rings (SSSR count). The lowest BCUT2D eigenvalue weighted by molar-refractivity contribution is 0.298. The van der Waals surface area contributed by atoms with Crippen LogP contribution in [0.15, 0.2) is 36.7 Å². The van der Waals surface area contributed by atoms with E-state index in [1.54, 1.807) is 12.3 Å². The monoisotopic (exact) mass is 292 g/mol. The average Bonchev–Trinajstić information content (AvgIpc) is 2.46. The van der Waals surface area contributed by atoms with Crippen LogP contribution in [0.4, 0.5) is 8.78 Å². The van der Waals surface area contributed by atoms with E-state index in [-0.39, 0.29) is 18.5 Å². The van der Waals surface area contributed by atoms with Gasteiger partial charge in [-0.2, -0.15) is 0 Å². The quantitative estimate of drug-likeness (QED) is 0.883. The van der Waals surface area contributed by atoms with E-state index < -0.39 is 5.82 Å². The summed E-state index contributed by atoms with van der Waals surface area (Å²) in [5.41, 5.74) is 1.36. The van der Waals surface area contributed by atoms with Crippen molar-refractivity contribution in [2.24, 2.45) is 0 Å². The highest BCUT2D eigenvalue weighted by Crippen LogP contribution is 2.26. The van der Waals surface area contributed by atoms with E-state index in [0.717, 1.165) is 18.3 Å². The van der Waals surface area contributed by atoms with Crippen molar-refractivity contribution in [2.75, 3.05) is 6.54 Å². The van der Waals surface area contributed by atoms with Crippen LogP contribution in [-0.4, -0.2) is 11.5 Å². The number of pyridine rings is 1. The molecule has 0 aliphatic heterocycles. The fourth-order valence-electron chi connectivity index (χ4n) is 2.10. The van der Waals surface area contributed by atoms with Crippen molar-refractivity contribution < 1.29 is 13.5 Å². The smallest absolute Gasteiger partial charge is 0.141 e. The van der Waals surface area contributed by atoms with Gasteiger partial charge in [-0.05, 0) is 37.7 Å². The largest absolute Gasteiger partial charge is 0.488 e. The van der Waals surface area contributed by atoms with Crippen LogP contribution in [0.1, 0.15) is 31.0 Å². The molecule has 0 saturated carbocycles. The van der Waals surface area contributed by atoms with Crippen LogP contribution in [-0.2, 0) is 6.61 Å². The second-order valence-corrected chi connectivity index (χ2v) is 4.76. The van der Waals surface area contributed by atoms with Crippen LogP contribution in [0.5, 0.6) is 5.75 Å². The van der Waals surface area contributed by atoms with Crippen LogP contribution in [0.3, 0.4) is 0 Å². The molecule has 0 bridgehead atoms. The zero-order valence-electron chi connectivity index (χ0n) is 12.1. The van der Waals surface area contributed by atoms with Gasteiger partial charge in [-0.15, -0.1) is 0 Å². The lowest BCUT2D eigenvalue weighted by Crippen LogP contribution is -2.18. The number of nitrogens with zero attached hydrogens (tertiary/aromatic N) is 1. The van der Waals surface area contributed by atoms with Gasteiger partial charge in [0, 0.05) is 23.4 Å². The second-order valence-electron chi connectivity index (χ2n) is 4.76. The Morgan fingerprint density at radius 2 is 2.00 bits per heavy atom. The van der Waals surface area contributed by atoms with Gasteiger partial charge in [0.15, 0.2) is 0 Å². The first-order valence-corrected chi connectivity index (χ1v) is 6.85. The number of ether oxygens (including phenoxy) is 1. The predicted octanol–water partition coefficient (Wildman–Crippen LogP) is 3.61. The van der Waals surface area contributed by atoms with E-state index in [4.69, 9.17) is 4.74 Å². The summed E-state index contributed by atoms with van der Waals surface area (Å²) in [5.74, 6) is -0.139. The van der Waals surface area contributed by atoms with Crippen molar-refractivity contribution in [2.45, 2.75) is 26.5 Å². The first-order chi connectivity index (χ1) is 10.1. The van der Waals surface area contributed by atoms with Gasteiger partial charge in [-0.3, -0.25) is 4.98 Å². The third kappa shape index (κ3) is 4.23. The highest BCUT2D eigenvalue weighted by atomic mass is 19.1. The van der Waals surface area contributed by atoms with Gasteiger partial charge in [-0.25, -0.2) is 8.78 Å². The van der Waals surface area contributed by atoms with Crippen molar-refractivity contribution >= 4 is 0 Å². The number of nitrogens with one attached hydrogen (secondary N) is 1. The van der Waals surface area contributed by atoms with Gasteiger partial charge in [0.2, 0.25) is 0 Å². The van der Waals surface area contributed by atoms with Crippen molar-refractivity contribution in [1.82, 2.24) is 10.3 Å². The fourth-order valence-corrected chi connectivity index (χ4v) is 2.10. The molecule has 2 aromatic rings. The third-order valence-corrected chi connectivity index (χ3v) is 3.10. The fraction of sp³-hybridized carbons (Fsp3) is 0.312. The Bertz CT molecular complexity index is 605. The minimum atomic E-state index is -0.406. The topological polar surface area (TPSA) is 34.1 Å². The Morgan fingerprint density at radius 3 is 2.71 bits per heavy atom. The van der Waals surface area contributed by atoms with E-state index in [0.29, 0.717) is 11.3 Å². The zero-order valence-corrected chi connectivity index (χ0v) is 12.1. The summed E-state index contributed by atoms with van der Waals surface area (Å²) in [7, 11) is 0. The molecule has 5 heteroatoms. The Kier molecular flexibility index (Phi) is 5.22. The highest BCUT2D eigenvalue weighted by Gasteiger charge is 2.12. The summed E-state index contributed by atoms with van der Waals surface area (Å²) in [5, 5.41) is 3.22. The average molecular weight is 292 g/mol. The minimum absolute atomic E-state index is 0.0358. The maximum Gasteiger partial charge on any atom is 0.141 e. The lowest BCUT2D eigenvalue weighted by Gasteiger charge is -2.18. The molecule has 0 fully saturated rings. The molecule has 3 nitrogen and oxygen atoms in total. The van der Waals surface area contributed by atoms with Crippen molar-refractivity contribution in [3.05, 3.63) is 59.4 Å². The second kappa shape index (κ2) is 7.13. The molecule has 0 aliphatic rings. The molecule has 112 valence electrons. The van der Waals surface area contributed by atoms with Crippen LogP contribution in [0, 0.1) is 11.6 Å². The number of benzene rings is 1. The molecule has 1 unspecified atom stereocenters. The number of hydrogen-bond acceptors (Lipinski definition) is 3. The molecular weight excluding hydrogens is 274 g/mol. The maximum absolute atomic E-state index is 13.4. The van der Waals surface area contributed by atoms with Gasteiger partial charge in [0.25, 0.3) is 0 Å². The molecule has 1 aromatic heterocycles. The molecule has 0 amide bonds. The molecule has 0 radical (unpaired) electrons. The number of hydrogen-bond donors (Lipinski definition) is 1. The standard InChI is InChI=1S/C16H18F2N2O/c1-3-20-11(2)15-7-13(17)4-5-16(15)21-10-12-6-14(18)9-19-8-12/h4-9,11,20H,3,10H2,1-2H3.